The summed E-state index contributed by atoms with van der Waals surface area (Å²) in [5.74, 6) is 2.86. The van der Waals surface area contributed by atoms with E-state index in [0.29, 0.717) is 41.5 Å². The van der Waals surface area contributed by atoms with Crippen LogP contribution in [0, 0.1) is 12.0 Å². The molecule has 2 aromatic carbocycles. The molecule has 0 spiro atoms. The lowest BCUT2D eigenvalue weighted by molar-refractivity contribution is -0.111. The summed E-state index contributed by atoms with van der Waals surface area (Å²) in [6, 6.07) is 12.1. The molecule has 0 aromatic heterocycles. The van der Waals surface area contributed by atoms with Gasteiger partial charge < -0.3 is 24.8 Å². The summed E-state index contributed by atoms with van der Waals surface area (Å²) in [6.45, 7) is 2.42. The van der Waals surface area contributed by atoms with Gasteiger partial charge in [0.2, 0.25) is 5.91 Å². The van der Waals surface area contributed by atoms with Gasteiger partial charge in [-0.1, -0.05) is 30.2 Å². The fourth-order valence-corrected chi connectivity index (χ4v) is 2.53. The molecule has 0 aliphatic carbocycles. The van der Waals surface area contributed by atoms with Crippen molar-refractivity contribution >= 4 is 23.6 Å². The minimum absolute atomic E-state index is 0.298. The summed E-state index contributed by atoms with van der Waals surface area (Å²) in [5, 5.41) is 5.46. The molecule has 0 unspecified atom stereocenters. The van der Waals surface area contributed by atoms with Crippen molar-refractivity contribution < 1.29 is 23.8 Å². The second-order valence-corrected chi connectivity index (χ2v) is 5.95. The fourth-order valence-electron chi connectivity index (χ4n) is 2.53. The van der Waals surface area contributed by atoms with Crippen molar-refractivity contribution in [2.75, 3.05) is 32.7 Å². The minimum atomic E-state index is -0.400. The summed E-state index contributed by atoms with van der Waals surface area (Å²) in [4.78, 5) is 24.8. The molecule has 0 aliphatic heterocycles. The zero-order valence-electron chi connectivity index (χ0n) is 17.2. The molecule has 7 nitrogen and oxygen atoms in total. The maximum Gasteiger partial charge on any atom is 0.253 e. The number of methoxy groups -OCH3 is 2. The summed E-state index contributed by atoms with van der Waals surface area (Å²) < 4.78 is 15.6. The third-order valence-corrected chi connectivity index (χ3v) is 3.92. The van der Waals surface area contributed by atoms with Crippen LogP contribution in [0.2, 0.25) is 0 Å². The van der Waals surface area contributed by atoms with Gasteiger partial charge in [-0.25, -0.2) is 0 Å². The van der Waals surface area contributed by atoms with Crippen LogP contribution in [0.4, 0.5) is 5.69 Å². The summed E-state index contributed by atoms with van der Waals surface area (Å²) >= 11 is 0. The molecule has 0 heterocycles. The lowest BCUT2D eigenvalue weighted by Gasteiger charge is -2.10. The molecule has 7 heteroatoms. The van der Waals surface area contributed by atoms with E-state index in [-0.39, 0.29) is 5.91 Å². The van der Waals surface area contributed by atoms with Crippen LogP contribution in [0.15, 0.2) is 48.5 Å². The predicted molar refractivity (Wildman–Crippen MR) is 115 cm³/mol. The zero-order chi connectivity index (χ0) is 21.8. The number of nitrogens with one attached hydrogen (secondary N) is 2. The second kappa shape index (κ2) is 11.9. The molecule has 156 valence electrons. The molecule has 0 saturated carbocycles. The van der Waals surface area contributed by atoms with Crippen LogP contribution >= 0.6 is 0 Å². The van der Waals surface area contributed by atoms with Gasteiger partial charge in [0.25, 0.3) is 5.91 Å². The molecule has 0 saturated heterocycles. The maximum absolute atomic E-state index is 12.5. The van der Waals surface area contributed by atoms with E-state index in [1.807, 2.05) is 0 Å². The minimum Gasteiger partial charge on any atom is -0.493 e. The third-order valence-electron chi connectivity index (χ3n) is 3.92. The molecule has 0 atom stereocenters. The first-order valence-electron chi connectivity index (χ1n) is 9.21. The molecule has 2 amide bonds. The Bertz CT molecular complexity index is 973. The Labute approximate surface area is 176 Å². The predicted octanol–water partition coefficient (Wildman–Crippen LogP) is 3.08. The molecule has 30 heavy (non-hydrogen) atoms. The monoisotopic (exact) mass is 408 g/mol. The largest absolute Gasteiger partial charge is 0.493 e. The summed E-state index contributed by atoms with van der Waals surface area (Å²) in [7, 11) is 3.08. The Morgan fingerprint density at radius 3 is 2.63 bits per heavy atom. The van der Waals surface area contributed by atoms with Crippen molar-refractivity contribution in [2.45, 2.75) is 6.92 Å². The highest BCUT2D eigenvalue weighted by molar-refractivity contribution is 6.07. The Kier molecular flexibility index (Phi) is 8.97. The van der Waals surface area contributed by atoms with E-state index in [9.17, 15) is 9.59 Å². The lowest BCUT2D eigenvalue weighted by Crippen LogP contribution is -2.28. The molecule has 0 radical (unpaired) electrons. The van der Waals surface area contributed by atoms with Crippen LogP contribution in [-0.4, -0.2) is 39.2 Å². The molecular weight excluding hydrogens is 384 g/mol. The van der Waals surface area contributed by atoms with Crippen LogP contribution in [0.1, 0.15) is 22.8 Å². The Morgan fingerprint density at radius 2 is 1.90 bits per heavy atom. The van der Waals surface area contributed by atoms with Crippen LogP contribution < -0.4 is 20.1 Å². The number of carbonyl (C=O) groups is 2. The van der Waals surface area contributed by atoms with Gasteiger partial charge in [-0.3, -0.25) is 9.59 Å². The van der Waals surface area contributed by atoms with Gasteiger partial charge >= 0.3 is 0 Å². The van der Waals surface area contributed by atoms with Gasteiger partial charge in [-0.15, -0.1) is 0 Å². The third kappa shape index (κ3) is 6.40. The smallest absolute Gasteiger partial charge is 0.253 e. The Hall–Kier alpha value is -3.76. The highest BCUT2D eigenvalue weighted by Gasteiger charge is 2.12. The van der Waals surface area contributed by atoms with Crippen molar-refractivity contribution in [2.24, 2.45) is 0 Å². The van der Waals surface area contributed by atoms with Crippen molar-refractivity contribution in [3.05, 3.63) is 59.7 Å². The first-order valence-corrected chi connectivity index (χ1v) is 9.21. The molecule has 0 fully saturated rings. The fraction of sp³-hybridized carbons (Fsp3) is 0.217. The van der Waals surface area contributed by atoms with Gasteiger partial charge in [0.15, 0.2) is 11.5 Å². The normalized spacial score (nSPS) is 10.1. The van der Waals surface area contributed by atoms with Gasteiger partial charge in [0, 0.05) is 32.2 Å². The van der Waals surface area contributed by atoms with E-state index < -0.39 is 5.91 Å². The van der Waals surface area contributed by atoms with E-state index in [2.05, 4.69) is 22.7 Å². The first kappa shape index (κ1) is 22.5. The number of hydrogen-bond donors (Lipinski definition) is 2. The average Bonchev–Trinajstić information content (AvgIpc) is 2.76. The van der Waals surface area contributed by atoms with E-state index in [1.165, 1.54) is 13.2 Å². The zero-order valence-corrected chi connectivity index (χ0v) is 17.2. The second-order valence-electron chi connectivity index (χ2n) is 5.95. The number of rotatable bonds is 9. The van der Waals surface area contributed by atoms with Gasteiger partial charge in [0.05, 0.1) is 25.0 Å². The van der Waals surface area contributed by atoms with E-state index in [0.717, 1.165) is 0 Å². The highest BCUT2D eigenvalue weighted by atomic mass is 16.5. The Balaban J connectivity index is 2.16. The summed E-state index contributed by atoms with van der Waals surface area (Å²) in [5.41, 5.74) is 1.39. The van der Waals surface area contributed by atoms with Gasteiger partial charge in [-0.2, -0.15) is 0 Å². The Morgan fingerprint density at radius 1 is 1.10 bits per heavy atom. The number of ether oxygens (including phenoxy) is 3. The lowest BCUT2D eigenvalue weighted by atomic mass is 10.1. The topological polar surface area (TPSA) is 85.9 Å². The van der Waals surface area contributed by atoms with E-state index >= 15 is 0 Å². The van der Waals surface area contributed by atoms with E-state index in [4.69, 9.17) is 14.2 Å². The molecule has 0 bridgehead atoms. The number of para-hydroxylation sites is 2. The standard InChI is InChI=1S/C23H24N2O5/c1-4-15-30-22-17(8-7-11-20(22)29-3)12-13-21(26)25-19-10-6-5-9-18(19)23(27)24-14-16-28-2/h5-13H,14,16H2,1-3H3,(H,24,27)(H,25,26). The van der Waals surface area contributed by atoms with Crippen LogP contribution in [0.25, 0.3) is 6.08 Å². The number of carbonyl (C=O) groups excluding carboxylic acids is 2. The quantitative estimate of drug-likeness (QED) is 0.378. The molecule has 0 aliphatic rings. The van der Waals surface area contributed by atoms with Crippen LogP contribution in [0.5, 0.6) is 11.5 Å². The number of benzene rings is 2. The SMILES string of the molecule is CC#COc1c(C=CC(=O)Nc2ccccc2C(=O)NCCOC)cccc1OC. The first-order chi connectivity index (χ1) is 14.6. The number of hydrogen-bond acceptors (Lipinski definition) is 5. The molecule has 2 rings (SSSR count). The van der Waals surface area contributed by atoms with Crippen molar-refractivity contribution in [3.63, 3.8) is 0 Å². The summed E-state index contributed by atoms with van der Waals surface area (Å²) in [6.07, 6.45) is 5.47. The van der Waals surface area contributed by atoms with Crippen LogP contribution in [0.3, 0.4) is 0 Å². The van der Waals surface area contributed by atoms with Crippen molar-refractivity contribution in [1.82, 2.24) is 5.32 Å². The molecule has 2 N–H and O–H groups in total. The van der Waals surface area contributed by atoms with Crippen molar-refractivity contribution in [3.8, 4) is 23.5 Å². The van der Waals surface area contributed by atoms with Gasteiger partial charge in [-0.05, 0) is 24.3 Å². The van der Waals surface area contributed by atoms with Crippen molar-refractivity contribution in [1.29, 1.82) is 0 Å². The average molecular weight is 408 g/mol. The maximum atomic E-state index is 12.5. The molecular formula is C23H24N2O5. The number of amides is 2. The van der Waals surface area contributed by atoms with Crippen LogP contribution in [-0.2, 0) is 9.53 Å². The van der Waals surface area contributed by atoms with E-state index in [1.54, 1.807) is 62.6 Å². The highest BCUT2D eigenvalue weighted by Crippen LogP contribution is 2.31. The van der Waals surface area contributed by atoms with Gasteiger partial charge in [0.1, 0.15) is 6.11 Å². The molecule has 2 aromatic rings. The number of anilines is 1.